The van der Waals surface area contributed by atoms with E-state index in [1.54, 1.807) is 38.2 Å². The highest BCUT2D eigenvalue weighted by Gasteiger charge is 2.33. The van der Waals surface area contributed by atoms with E-state index in [1.807, 2.05) is 6.07 Å². The van der Waals surface area contributed by atoms with Gasteiger partial charge in [0, 0.05) is 23.5 Å². The van der Waals surface area contributed by atoms with Crippen LogP contribution in [-0.4, -0.2) is 51.1 Å². The van der Waals surface area contributed by atoms with Gasteiger partial charge in [-0.1, -0.05) is 12.2 Å². The molecule has 15 nitrogen and oxygen atoms in total. The number of nitrogens with zero attached hydrogens (tertiary/aromatic N) is 3. The lowest BCUT2D eigenvalue weighted by atomic mass is 10.3. The zero-order chi connectivity index (χ0) is 28.2. The van der Waals surface area contributed by atoms with E-state index in [4.69, 9.17) is 28.3 Å². The first-order valence-electron chi connectivity index (χ1n) is 11.8. The van der Waals surface area contributed by atoms with Crippen LogP contribution in [-0.2, 0) is 27.6 Å². The highest BCUT2D eigenvalue weighted by Crippen LogP contribution is 2.50. The molecule has 4 heterocycles. The van der Waals surface area contributed by atoms with Crippen molar-refractivity contribution < 1.29 is 27.6 Å². The molecule has 0 spiro atoms. The quantitative estimate of drug-likeness (QED) is 0.222. The van der Waals surface area contributed by atoms with Crippen LogP contribution >= 0.6 is 7.82 Å². The van der Waals surface area contributed by atoms with Crippen LogP contribution in [0.15, 0.2) is 55.9 Å². The average molecular weight is 563 g/mol. The molecule has 0 radical (unpaired) electrons. The van der Waals surface area contributed by atoms with Gasteiger partial charge in [-0.25, -0.2) is 14.2 Å². The number of ether oxygens (including phenoxy) is 2. The Morgan fingerprint density at radius 1 is 0.846 bits per heavy atom. The predicted molar refractivity (Wildman–Crippen MR) is 134 cm³/mol. The Hall–Kier alpha value is -3.64. The van der Waals surface area contributed by atoms with Gasteiger partial charge in [-0.05, 0) is 26.0 Å². The maximum absolute atomic E-state index is 13.3. The van der Waals surface area contributed by atoms with Crippen LogP contribution < -0.4 is 22.5 Å². The summed E-state index contributed by atoms with van der Waals surface area (Å²) < 4.78 is 43.3. The number of nitrogens with one attached hydrogen (secondary N) is 2. The van der Waals surface area contributed by atoms with Crippen molar-refractivity contribution in [3.63, 3.8) is 0 Å². The molecule has 0 saturated heterocycles. The highest BCUT2D eigenvalue weighted by atomic mass is 31.2. The molecule has 16 heteroatoms. The summed E-state index contributed by atoms with van der Waals surface area (Å²) in [5.41, 5.74) is -1.67. The van der Waals surface area contributed by atoms with Gasteiger partial charge in [0.1, 0.15) is 12.2 Å². The van der Waals surface area contributed by atoms with Crippen molar-refractivity contribution in [2.75, 3.05) is 19.8 Å². The van der Waals surface area contributed by atoms with Gasteiger partial charge in [0.2, 0.25) is 0 Å². The molecule has 2 aromatic heterocycles. The van der Waals surface area contributed by atoms with Gasteiger partial charge in [-0.2, -0.15) is 5.26 Å². The Kier molecular flexibility index (Phi) is 8.76. The van der Waals surface area contributed by atoms with E-state index in [9.17, 15) is 23.7 Å². The SMILES string of the molecule is Cc1cn([C@@H]2C=C[C@H](COP(=O)(OCCC#N)OC[C@@H]3C=C[C@H](n4cc(C)c(=O)[nH]c4=O)O3)O2)c(=O)[nH]c1=O. The Bertz CT molecular complexity index is 1490. The minimum absolute atomic E-state index is 0.0660. The third-order valence-corrected chi connectivity index (χ3v) is 7.14. The number of H-pyrrole nitrogens is 2. The fraction of sp³-hybridized carbons (Fsp3) is 0.435. The molecular formula is C23H26N5O10P. The van der Waals surface area contributed by atoms with E-state index in [-0.39, 0.29) is 26.2 Å². The number of phosphoric acid groups is 1. The van der Waals surface area contributed by atoms with E-state index in [0.29, 0.717) is 11.1 Å². The Morgan fingerprint density at radius 3 is 1.74 bits per heavy atom. The van der Waals surface area contributed by atoms with E-state index in [1.165, 1.54) is 21.5 Å². The third kappa shape index (κ3) is 6.87. The Labute approximate surface area is 220 Å². The first-order chi connectivity index (χ1) is 18.6. The summed E-state index contributed by atoms with van der Waals surface area (Å²) in [5, 5.41) is 8.80. The highest BCUT2D eigenvalue weighted by molar-refractivity contribution is 7.48. The molecule has 5 atom stereocenters. The van der Waals surface area contributed by atoms with Crippen molar-refractivity contribution in [3.8, 4) is 6.07 Å². The van der Waals surface area contributed by atoms with Crippen molar-refractivity contribution in [2.45, 2.75) is 44.9 Å². The van der Waals surface area contributed by atoms with Crippen LogP contribution in [0, 0.1) is 25.2 Å². The molecule has 0 aromatic carbocycles. The maximum atomic E-state index is 13.3. The van der Waals surface area contributed by atoms with Crippen LogP contribution in [0.3, 0.4) is 0 Å². The minimum atomic E-state index is -4.20. The van der Waals surface area contributed by atoms with E-state index >= 15 is 0 Å². The van der Waals surface area contributed by atoms with Crippen LogP contribution in [0.5, 0.6) is 0 Å². The summed E-state index contributed by atoms with van der Waals surface area (Å²) in [5.74, 6) is 0. The summed E-state index contributed by atoms with van der Waals surface area (Å²) in [6, 6.07) is 1.87. The standard InChI is InChI=1S/C23H26N5O10P/c1-14-10-27(22(31)25-20(14)29)18-6-4-16(37-18)12-35-39(33,34-9-3-8-24)36-13-17-5-7-19(38-17)28-11-15(2)21(30)26-23(28)32/h4-7,10-11,16-19H,3,9,12-13H2,1-2H3,(H,25,29,31)(H,26,30,32)/t16-,17+,18+,19-,39?. The number of phosphoric ester groups is 1. The average Bonchev–Trinajstić information content (AvgIpc) is 3.56. The molecule has 2 aromatic rings. The Balaban J connectivity index is 1.35. The topological polar surface area (TPSA) is 197 Å². The Morgan fingerprint density at radius 2 is 1.31 bits per heavy atom. The molecule has 0 fully saturated rings. The van der Waals surface area contributed by atoms with Gasteiger partial charge in [0.25, 0.3) is 11.1 Å². The fourth-order valence-electron chi connectivity index (χ4n) is 3.68. The van der Waals surface area contributed by atoms with E-state index in [0.717, 1.165) is 0 Å². The zero-order valence-corrected chi connectivity index (χ0v) is 21.9. The predicted octanol–water partition coefficient (Wildman–Crippen LogP) is 0.682. The number of aryl methyl sites for hydroxylation is 2. The summed E-state index contributed by atoms with van der Waals surface area (Å²) >= 11 is 0. The van der Waals surface area contributed by atoms with Gasteiger partial charge < -0.3 is 9.47 Å². The number of hydrogen-bond acceptors (Lipinski definition) is 11. The third-order valence-electron chi connectivity index (χ3n) is 5.71. The number of nitriles is 1. The van der Waals surface area contributed by atoms with Crippen molar-refractivity contribution in [1.82, 2.24) is 19.1 Å². The van der Waals surface area contributed by atoms with Gasteiger partial charge in [0.15, 0.2) is 12.5 Å². The second kappa shape index (κ2) is 12.0. The molecule has 0 aliphatic carbocycles. The number of aromatic amines is 2. The lowest BCUT2D eigenvalue weighted by molar-refractivity contribution is -0.0281. The van der Waals surface area contributed by atoms with Gasteiger partial charge in [0.05, 0.1) is 32.3 Å². The van der Waals surface area contributed by atoms with Crippen LogP contribution in [0.25, 0.3) is 0 Å². The van der Waals surface area contributed by atoms with Crippen molar-refractivity contribution in [1.29, 1.82) is 5.26 Å². The maximum Gasteiger partial charge on any atom is 0.475 e. The molecule has 2 N–H and O–H groups in total. The van der Waals surface area contributed by atoms with Crippen LogP contribution in [0.4, 0.5) is 0 Å². The number of rotatable bonds is 11. The number of aromatic nitrogens is 4. The molecule has 0 amide bonds. The van der Waals surface area contributed by atoms with Gasteiger partial charge >= 0.3 is 19.2 Å². The second-order valence-electron chi connectivity index (χ2n) is 8.64. The molecule has 0 bridgehead atoms. The van der Waals surface area contributed by atoms with Crippen molar-refractivity contribution in [2.24, 2.45) is 0 Å². The molecular weight excluding hydrogens is 537 g/mol. The molecule has 39 heavy (non-hydrogen) atoms. The normalized spacial score (nSPS) is 23.6. The van der Waals surface area contributed by atoms with Gasteiger partial charge in [-0.3, -0.25) is 42.3 Å². The fourth-order valence-corrected chi connectivity index (χ4v) is 4.88. The first kappa shape index (κ1) is 28.4. The van der Waals surface area contributed by atoms with Crippen molar-refractivity contribution in [3.05, 3.63) is 89.5 Å². The second-order valence-corrected chi connectivity index (χ2v) is 10.3. The van der Waals surface area contributed by atoms with E-state index < -0.39 is 55.0 Å². The minimum Gasteiger partial charge on any atom is -0.344 e. The summed E-state index contributed by atoms with van der Waals surface area (Å²) in [6.07, 6.45) is 5.89. The van der Waals surface area contributed by atoms with Crippen molar-refractivity contribution >= 4 is 7.82 Å². The molecule has 2 aliphatic rings. The molecule has 2 aliphatic heterocycles. The molecule has 1 unspecified atom stereocenters. The summed E-state index contributed by atoms with van der Waals surface area (Å²) in [7, 11) is -4.20. The smallest absolute Gasteiger partial charge is 0.344 e. The van der Waals surface area contributed by atoms with Gasteiger partial charge in [-0.15, -0.1) is 0 Å². The first-order valence-corrected chi connectivity index (χ1v) is 13.3. The molecule has 0 saturated carbocycles. The molecule has 208 valence electrons. The largest absolute Gasteiger partial charge is 0.475 e. The van der Waals surface area contributed by atoms with Crippen LogP contribution in [0.2, 0.25) is 0 Å². The van der Waals surface area contributed by atoms with E-state index in [2.05, 4.69) is 9.97 Å². The summed E-state index contributed by atoms with van der Waals surface area (Å²) in [4.78, 5) is 51.9. The lowest BCUT2D eigenvalue weighted by Gasteiger charge is -2.22. The monoisotopic (exact) mass is 563 g/mol. The lowest BCUT2D eigenvalue weighted by Crippen LogP contribution is -2.33. The number of hydrogen-bond donors (Lipinski definition) is 2. The summed E-state index contributed by atoms with van der Waals surface area (Å²) in [6.45, 7) is 2.32. The van der Waals surface area contributed by atoms with Crippen LogP contribution in [0.1, 0.15) is 30.0 Å². The molecule has 4 rings (SSSR count). The zero-order valence-electron chi connectivity index (χ0n) is 21.0.